The molecule has 0 aromatic rings. The van der Waals surface area contributed by atoms with Crippen LogP contribution in [0.1, 0.15) is 0 Å². The normalized spacial score (nSPS) is 14.4. The van der Waals surface area contributed by atoms with E-state index in [0.29, 0.717) is 0 Å². The fourth-order valence-corrected chi connectivity index (χ4v) is 0.394. The van der Waals surface area contributed by atoms with E-state index in [9.17, 15) is 30.2 Å². The Hall–Kier alpha value is -0.140. The SMILES string of the molecule is F[S+](C(F)(F)F)C(F)(F)F. The highest BCUT2D eigenvalue weighted by Gasteiger charge is 2.73. The molecule has 0 spiro atoms. The van der Waals surface area contributed by atoms with E-state index in [0.717, 1.165) is 0 Å². The Morgan fingerprint density at radius 1 is 0.700 bits per heavy atom. The van der Waals surface area contributed by atoms with Crippen LogP contribution in [0.2, 0.25) is 0 Å². The molecule has 0 aromatic carbocycles. The van der Waals surface area contributed by atoms with Gasteiger partial charge in [-0.2, -0.15) is 0 Å². The lowest BCUT2D eigenvalue weighted by Gasteiger charge is -2.00. The van der Waals surface area contributed by atoms with Gasteiger partial charge in [0.1, 0.15) is 0 Å². The maximum Gasteiger partial charge on any atom is 0.624 e. The van der Waals surface area contributed by atoms with Crippen LogP contribution in [0.3, 0.4) is 0 Å². The van der Waals surface area contributed by atoms with Gasteiger partial charge in [-0.1, -0.05) is 0 Å². The van der Waals surface area contributed by atoms with Gasteiger partial charge in [-0.3, -0.25) is 0 Å². The van der Waals surface area contributed by atoms with Gasteiger partial charge in [-0.25, -0.2) is 0 Å². The van der Waals surface area contributed by atoms with Gasteiger partial charge in [0.15, 0.2) is 0 Å². The molecule has 0 aliphatic carbocycles. The maximum atomic E-state index is 11.2. The quantitative estimate of drug-likeness (QED) is 0.405. The molecule has 8 heteroatoms. The standard InChI is InChI=1S/C2F7S/c3-1(4,5)10(9)2(6,7)8/q+1. The van der Waals surface area contributed by atoms with Crippen molar-refractivity contribution in [3.63, 3.8) is 0 Å². The number of alkyl halides is 6. The van der Waals surface area contributed by atoms with Crippen LogP contribution in [0, 0.1) is 0 Å². The van der Waals surface area contributed by atoms with Crippen LogP contribution in [-0.4, -0.2) is 11.0 Å². The second kappa shape index (κ2) is 2.48. The van der Waals surface area contributed by atoms with Gasteiger partial charge in [-0.15, -0.1) is 26.3 Å². The molecular formula is C2F7S+. The van der Waals surface area contributed by atoms with Crippen molar-refractivity contribution in [1.29, 1.82) is 0 Å². The molecule has 0 rings (SSSR count). The summed E-state index contributed by atoms with van der Waals surface area (Å²) in [7, 11) is 0. The summed E-state index contributed by atoms with van der Waals surface area (Å²) >= 11 is -5.00. The third-order valence-electron chi connectivity index (χ3n) is 0.406. The molecule has 0 amide bonds. The van der Waals surface area contributed by atoms with Crippen LogP contribution in [0.15, 0.2) is 0 Å². The molecule has 0 aliphatic rings. The Kier molecular flexibility index (Phi) is 2.44. The Morgan fingerprint density at radius 3 is 0.900 bits per heavy atom. The molecule has 0 N–H and O–H groups in total. The van der Waals surface area contributed by atoms with Gasteiger partial charge in [0.05, 0.1) is 0 Å². The van der Waals surface area contributed by atoms with E-state index < -0.39 is 22.3 Å². The smallest absolute Gasteiger partial charge is 0.120 e. The van der Waals surface area contributed by atoms with Gasteiger partial charge < -0.3 is 0 Å². The molecule has 0 aromatic heterocycles. The van der Waals surface area contributed by atoms with Crippen LogP contribution in [0.5, 0.6) is 0 Å². The maximum absolute atomic E-state index is 11.2. The van der Waals surface area contributed by atoms with Gasteiger partial charge >= 0.3 is 22.3 Å². The first-order valence-corrected chi connectivity index (χ1v) is 2.82. The van der Waals surface area contributed by atoms with Gasteiger partial charge in [-0.05, 0) is 0 Å². The molecule has 0 saturated heterocycles. The summed E-state index contributed by atoms with van der Waals surface area (Å²) in [6.45, 7) is 0. The van der Waals surface area contributed by atoms with E-state index in [1.165, 1.54) is 0 Å². The Labute approximate surface area is 53.6 Å². The average molecular weight is 189 g/mol. The molecule has 0 atom stereocenters. The third kappa shape index (κ3) is 2.63. The molecule has 0 nitrogen and oxygen atoms in total. The lowest BCUT2D eigenvalue weighted by Crippen LogP contribution is -2.32. The van der Waals surface area contributed by atoms with Crippen molar-refractivity contribution < 1.29 is 30.2 Å². The molecule has 0 bridgehead atoms. The summed E-state index contributed by atoms with van der Waals surface area (Å²) in [6, 6.07) is 0. The zero-order valence-electron chi connectivity index (χ0n) is 4.05. The summed E-state index contributed by atoms with van der Waals surface area (Å²) in [4.78, 5) is 0. The highest BCUT2D eigenvalue weighted by Crippen LogP contribution is 2.39. The number of hydrogen-bond acceptors (Lipinski definition) is 0. The van der Waals surface area contributed by atoms with Crippen molar-refractivity contribution in [2.75, 3.05) is 0 Å². The highest BCUT2D eigenvalue weighted by atomic mass is 32.2. The summed E-state index contributed by atoms with van der Waals surface area (Å²) in [6.07, 6.45) is 0. The second-order valence-corrected chi connectivity index (χ2v) is 2.59. The molecule has 0 aliphatic heterocycles. The van der Waals surface area contributed by atoms with Gasteiger partial charge in [0, 0.05) is 3.89 Å². The van der Waals surface area contributed by atoms with Crippen LogP contribution < -0.4 is 0 Å². The van der Waals surface area contributed by atoms with Crippen LogP contribution in [-0.2, 0) is 11.3 Å². The van der Waals surface area contributed by atoms with Crippen molar-refractivity contribution in [3.05, 3.63) is 0 Å². The van der Waals surface area contributed by atoms with Gasteiger partial charge in [0.2, 0.25) is 0 Å². The molecule has 10 heavy (non-hydrogen) atoms. The predicted octanol–water partition coefficient (Wildman–Crippen LogP) is 2.53. The first kappa shape index (κ1) is 9.86. The summed E-state index contributed by atoms with van der Waals surface area (Å²) < 4.78 is 76.4. The molecule has 0 radical (unpaired) electrons. The number of hydrogen-bond donors (Lipinski definition) is 0. The number of halogens is 7. The van der Waals surface area contributed by atoms with Crippen molar-refractivity contribution in [2.45, 2.75) is 11.0 Å². The Morgan fingerprint density at radius 2 is 0.900 bits per heavy atom. The fraction of sp³-hybridized carbons (Fsp3) is 1.00. The van der Waals surface area contributed by atoms with Crippen molar-refractivity contribution in [2.24, 2.45) is 0 Å². The zero-order valence-corrected chi connectivity index (χ0v) is 4.87. The van der Waals surface area contributed by atoms with E-state index in [-0.39, 0.29) is 0 Å². The zero-order chi connectivity index (χ0) is 8.58. The van der Waals surface area contributed by atoms with Crippen LogP contribution in [0.4, 0.5) is 30.2 Å². The minimum absolute atomic E-state index is 5.00. The van der Waals surface area contributed by atoms with Gasteiger partial charge in [0.25, 0.3) is 0 Å². The Balaban J connectivity index is 4.23. The summed E-state index contributed by atoms with van der Waals surface area (Å²) in [5, 5.41) is 0. The molecule has 62 valence electrons. The lowest BCUT2D eigenvalue weighted by atomic mass is 11.5. The Bertz CT molecular complexity index is 95.8. The predicted molar refractivity (Wildman–Crippen MR) is 20.6 cm³/mol. The topological polar surface area (TPSA) is 0 Å². The minimum Gasteiger partial charge on any atom is -0.120 e. The summed E-state index contributed by atoms with van der Waals surface area (Å²) in [5.41, 5.74) is -11.6. The van der Waals surface area contributed by atoms with Crippen LogP contribution in [0.25, 0.3) is 0 Å². The molecule has 0 unspecified atom stereocenters. The largest absolute Gasteiger partial charge is 0.624 e. The van der Waals surface area contributed by atoms with E-state index >= 15 is 0 Å². The fourth-order valence-electron chi connectivity index (χ4n) is 0.131. The highest BCUT2D eigenvalue weighted by molar-refractivity contribution is 7.93. The van der Waals surface area contributed by atoms with E-state index in [2.05, 4.69) is 0 Å². The molecule has 0 saturated carbocycles. The minimum atomic E-state index is -5.82. The van der Waals surface area contributed by atoms with Crippen molar-refractivity contribution in [1.82, 2.24) is 0 Å². The van der Waals surface area contributed by atoms with E-state index in [4.69, 9.17) is 0 Å². The number of rotatable bonds is 0. The first-order chi connectivity index (χ1) is 4.15. The van der Waals surface area contributed by atoms with E-state index in [1.54, 1.807) is 0 Å². The summed E-state index contributed by atoms with van der Waals surface area (Å²) in [5.74, 6) is 0. The second-order valence-electron chi connectivity index (χ2n) is 1.15. The van der Waals surface area contributed by atoms with Crippen LogP contribution >= 0.6 is 0 Å². The first-order valence-electron chi connectivity index (χ1n) is 1.70. The molecule has 0 heterocycles. The lowest BCUT2D eigenvalue weighted by molar-refractivity contribution is -0.0831. The average Bonchev–Trinajstić information content (AvgIpc) is 1.59. The van der Waals surface area contributed by atoms with Crippen molar-refractivity contribution >= 4 is 11.3 Å². The third-order valence-corrected chi connectivity index (χ3v) is 1.22. The van der Waals surface area contributed by atoms with Crippen molar-refractivity contribution in [3.8, 4) is 0 Å². The monoisotopic (exact) mass is 189 g/mol. The molecule has 0 fully saturated rings. The molecular weight excluding hydrogens is 189 g/mol. The van der Waals surface area contributed by atoms with E-state index in [1.807, 2.05) is 0 Å².